The zero-order valence-corrected chi connectivity index (χ0v) is 14.5. The van der Waals surface area contributed by atoms with Gasteiger partial charge in [0.05, 0.1) is 10.8 Å². The van der Waals surface area contributed by atoms with E-state index in [-0.39, 0.29) is 11.3 Å². The van der Waals surface area contributed by atoms with E-state index in [1.165, 1.54) is 23.5 Å². The number of aromatic nitrogens is 1. The summed E-state index contributed by atoms with van der Waals surface area (Å²) in [4.78, 5) is 5.31. The largest absolute Gasteiger partial charge is 0.249 e. The quantitative estimate of drug-likeness (QED) is 0.811. The summed E-state index contributed by atoms with van der Waals surface area (Å²) in [5, 5.41) is 0.904. The van der Waals surface area contributed by atoms with E-state index in [9.17, 15) is 12.8 Å². The van der Waals surface area contributed by atoms with E-state index in [2.05, 4.69) is 4.98 Å². The highest BCUT2D eigenvalue weighted by Crippen LogP contribution is 2.16. The van der Waals surface area contributed by atoms with E-state index in [0.29, 0.717) is 13.0 Å². The average molecular weight is 342 g/mol. The lowest BCUT2D eigenvalue weighted by atomic mass is 10.2. The van der Waals surface area contributed by atoms with Gasteiger partial charge in [-0.05, 0) is 25.5 Å². The average Bonchev–Trinajstić information content (AvgIpc) is 2.85. The van der Waals surface area contributed by atoms with Gasteiger partial charge < -0.3 is 0 Å². The fraction of sp³-hybridized carbons (Fsp3) is 0.400. The summed E-state index contributed by atoms with van der Waals surface area (Å²) < 4.78 is 39.7. The molecule has 1 heterocycles. The summed E-state index contributed by atoms with van der Waals surface area (Å²) in [6.07, 6.45) is 2.33. The van der Waals surface area contributed by atoms with Crippen LogP contribution >= 0.6 is 11.3 Å². The first kappa shape index (κ1) is 17.1. The molecule has 22 heavy (non-hydrogen) atoms. The molecule has 4 nitrogen and oxygen atoms in total. The van der Waals surface area contributed by atoms with Crippen LogP contribution in [0.2, 0.25) is 0 Å². The lowest BCUT2D eigenvalue weighted by Crippen LogP contribution is -2.30. The van der Waals surface area contributed by atoms with Crippen molar-refractivity contribution in [2.45, 2.75) is 26.0 Å². The molecule has 1 aromatic heterocycles. The zero-order chi connectivity index (χ0) is 16.3. The van der Waals surface area contributed by atoms with Crippen LogP contribution in [0, 0.1) is 19.7 Å². The molecule has 0 radical (unpaired) electrons. The van der Waals surface area contributed by atoms with Crippen molar-refractivity contribution in [1.29, 1.82) is 0 Å². The van der Waals surface area contributed by atoms with Crippen LogP contribution < -0.4 is 0 Å². The Balaban J connectivity index is 2.02. The number of benzene rings is 1. The third-order valence-corrected chi connectivity index (χ3v) is 6.11. The molecule has 2 rings (SSSR count). The van der Waals surface area contributed by atoms with Crippen LogP contribution in [0.15, 0.2) is 24.4 Å². The van der Waals surface area contributed by atoms with Crippen LogP contribution in [0.3, 0.4) is 0 Å². The lowest BCUT2D eigenvalue weighted by Gasteiger charge is -2.17. The van der Waals surface area contributed by atoms with Crippen molar-refractivity contribution >= 4 is 21.4 Å². The SMILES string of the molecule is Cc1ccc(CS(=O)(=O)N(C)CCc2ncc(C)s2)c(F)c1. The van der Waals surface area contributed by atoms with Crippen LogP contribution in [-0.4, -0.2) is 31.3 Å². The number of nitrogens with zero attached hydrogens (tertiary/aromatic N) is 2. The van der Waals surface area contributed by atoms with E-state index in [1.54, 1.807) is 30.5 Å². The van der Waals surface area contributed by atoms with Crippen LogP contribution in [0.4, 0.5) is 4.39 Å². The molecule has 0 amide bonds. The monoisotopic (exact) mass is 342 g/mol. The maximum absolute atomic E-state index is 13.8. The Hall–Kier alpha value is -1.31. The van der Waals surface area contributed by atoms with Crippen molar-refractivity contribution in [3.63, 3.8) is 0 Å². The van der Waals surface area contributed by atoms with Crippen molar-refractivity contribution in [3.8, 4) is 0 Å². The standard InChI is InChI=1S/C15H19FN2O2S2/c1-11-4-5-13(14(16)8-11)10-22(19,20)18(3)7-6-15-17-9-12(2)21-15/h4-5,8-9H,6-7,10H2,1-3H3. The first-order valence-corrected chi connectivity index (χ1v) is 9.31. The minimum atomic E-state index is -3.54. The Morgan fingerprint density at radius 1 is 1.32 bits per heavy atom. The van der Waals surface area contributed by atoms with Gasteiger partial charge in [-0.25, -0.2) is 22.1 Å². The molecule has 1 aromatic carbocycles. The summed E-state index contributed by atoms with van der Waals surface area (Å²) >= 11 is 1.56. The molecule has 0 aliphatic heterocycles. The molecule has 0 unspecified atom stereocenters. The predicted octanol–water partition coefficient (Wildman–Crippen LogP) is 2.90. The van der Waals surface area contributed by atoms with Gasteiger partial charge in [0.2, 0.25) is 10.0 Å². The summed E-state index contributed by atoms with van der Waals surface area (Å²) in [6, 6.07) is 4.59. The van der Waals surface area contributed by atoms with Gasteiger partial charge in [0, 0.05) is 36.7 Å². The second-order valence-electron chi connectivity index (χ2n) is 5.29. The number of halogens is 1. The van der Waals surface area contributed by atoms with Gasteiger partial charge in [-0.2, -0.15) is 0 Å². The molecule has 0 bridgehead atoms. The summed E-state index contributed by atoms with van der Waals surface area (Å²) in [6.45, 7) is 4.06. The number of likely N-dealkylation sites (N-methyl/N-ethyl adjacent to an activating group) is 1. The molecule has 0 spiro atoms. The van der Waals surface area contributed by atoms with Gasteiger partial charge >= 0.3 is 0 Å². The predicted molar refractivity (Wildman–Crippen MR) is 86.9 cm³/mol. The first-order chi connectivity index (χ1) is 10.3. The van der Waals surface area contributed by atoms with E-state index in [4.69, 9.17) is 0 Å². The number of hydrogen-bond acceptors (Lipinski definition) is 4. The summed E-state index contributed by atoms with van der Waals surface area (Å²) in [5.74, 6) is -0.806. The number of thiazole rings is 1. The third kappa shape index (κ3) is 4.34. The van der Waals surface area contributed by atoms with Crippen LogP contribution in [-0.2, 0) is 22.2 Å². The van der Waals surface area contributed by atoms with Crippen molar-refractivity contribution in [2.75, 3.05) is 13.6 Å². The number of sulfonamides is 1. The molecule has 0 saturated heterocycles. The smallest absolute Gasteiger partial charge is 0.218 e. The lowest BCUT2D eigenvalue weighted by molar-refractivity contribution is 0.470. The Kier molecular flexibility index (Phi) is 5.31. The highest BCUT2D eigenvalue weighted by atomic mass is 32.2. The van der Waals surface area contributed by atoms with Crippen LogP contribution in [0.25, 0.3) is 0 Å². The van der Waals surface area contributed by atoms with E-state index in [0.717, 1.165) is 15.4 Å². The van der Waals surface area contributed by atoms with Crippen molar-refractivity contribution in [2.24, 2.45) is 0 Å². The Labute approximate surface area is 134 Å². The minimum absolute atomic E-state index is 0.197. The van der Waals surface area contributed by atoms with Gasteiger partial charge in [0.1, 0.15) is 5.82 Å². The van der Waals surface area contributed by atoms with E-state index < -0.39 is 15.8 Å². The fourth-order valence-electron chi connectivity index (χ4n) is 1.99. The summed E-state index contributed by atoms with van der Waals surface area (Å²) in [7, 11) is -2.03. The third-order valence-electron chi connectivity index (χ3n) is 3.33. The molecule has 0 atom stereocenters. The molecular weight excluding hydrogens is 323 g/mol. The minimum Gasteiger partial charge on any atom is -0.249 e. The van der Waals surface area contributed by atoms with E-state index in [1.807, 2.05) is 6.92 Å². The normalized spacial score (nSPS) is 12.0. The van der Waals surface area contributed by atoms with Crippen LogP contribution in [0.1, 0.15) is 21.0 Å². The number of rotatable bonds is 6. The molecular formula is C15H19FN2O2S2. The number of aryl methyl sites for hydroxylation is 2. The number of hydrogen-bond donors (Lipinski definition) is 0. The topological polar surface area (TPSA) is 50.3 Å². The van der Waals surface area contributed by atoms with Gasteiger partial charge in [0.15, 0.2) is 0 Å². The van der Waals surface area contributed by atoms with Crippen molar-refractivity contribution < 1.29 is 12.8 Å². The Morgan fingerprint density at radius 2 is 2.05 bits per heavy atom. The highest BCUT2D eigenvalue weighted by Gasteiger charge is 2.20. The van der Waals surface area contributed by atoms with Gasteiger partial charge in [0.25, 0.3) is 0 Å². The molecule has 120 valence electrons. The fourth-order valence-corrected chi connectivity index (χ4v) is 3.98. The maximum atomic E-state index is 13.8. The Morgan fingerprint density at radius 3 is 2.64 bits per heavy atom. The molecule has 7 heteroatoms. The molecule has 0 saturated carbocycles. The van der Waals surface area contributed by atoms with Crippen molar-refractivity contribution in [1.82, 2.24) is 9.29 Å². The first-order valence-electron chi connectivity index (χ1n) is 6.88. The molecule has 0 fully saturated rings. The second-order valence-corrected chi connectivity index (χ2v) is 8.68. The van der Waals surface area contributed by atoms with E-state index >= 15 is 0 Å². The van der Waals surface area contributed by atoms with Crippen LogP contribution in [0.5, 0.6) is 0 Å². The van der Waals surface area contributed by atoms with Gasteiger partial charge in [-0.15, -0.1) is 11.3 Å². The Bertz CT molecular complexity index is 757. The highest BCUT2D eigenvalue weighted by molar-refractivity contribution is 7.88. The zero-order valence-electron chi connectivity index (χ0n) is 12.8. The van der Waals surface area contributed by atoms with Gasteiger partial charge in [-0.1, -0.05) is 12.1 Å². The summed E-state index contributed by atoms with van der Waals surface area (Å²) in [5.41, 5.74) is 0.966. The van der Waals surface area contributed by atoms with Crippen molar-refractivity contribution in [3.05, 3.63) is 51.2 Å². The second kappa shape index (κ2) is 6.85. The maximum Gasteiger partial charge on any atom is 0.218 e. The van der Waals surface area contributed by atoms with Gasteiger partial charge in [-0.3, -0.25) is 0 Å². The molecule has 2 aromatic rings. The molecule has 0 N–H and O–H groups in total. The molecule has 0 aliphatic rings. The molecule has 0 aliphatic carbocycles.